The number of nitrogens with one attached hydrogen (secondary N) is 1. The summed E-state index contributed by atoms with van der Waals surface area (Å²) in [6.45, 7) is 6.37. The van der Waals surface area contributed by atoms with Gasteiger partial charge in [-0.2, -0.15) is 5.10 Å². The molecule has 0 aliphatic carbocycles. The lowest BCUT2D eigenvalue weighted by Crippen LogP contribution is -2.46. The fourth-order valence-corrected chi connectivity index (χ4v) is 3.62. The van der Waals surface area contributed by atoms with Crippen molar-refractivity contribution in [3.05, 3.63) is 12.4 Å². The van der Waals surface area contributed by atoms with E-state index in [1.54, 1.807) is 10.9 Å². The van der Waals surface area contributed by atoms with Gasteiger partial charge in [-0.1, -0.05) is 6.42 Å². The second-order valence-electron chi connectivity index (χ2n) is 6.81. The molecule has 1 atom stereocenters. The third kappa shape index (κ3) is 5.03. The molecule has 0 bridgehead atoms. The molecule has 3 rings (SSSR count). The van der Waals surface area contributed by atoms with Crippen LogP contribution >= 0.6 is 0 Å². The van der Waals surface area contributed by atoms with Crippen LogP contribution in [-0.4, -0.2) is 77.5 Å². The van der Waals surface area contributed by atoms with Crippen LogP contribution in [0.4, 0.5) is 5.69 Å². The molecule has 2 aliphatic heterocycles. The number of piperidine rings is 1. The highest BCUT2D eigenvalue weighted by Gasteiger charge is 2.25. The van der Waals surface area contributed by atoms with Crippen molar-refractivity contribution in [2.24, 2.45) is 7.05 Å². The predicted octanol–water partition coefficient (Wildman–Crippen LogP) is 0.935. The topological polar surface area (TPSA) is 62.6 Å². The van der Waals surface area contributed by atoms with E-state index < -0.39 is 0 Å². The van der Waals surface area contributed by atoms with Gasteiger partial charge in [-0.15, -0.1) is 0 Å². The number of hydrogen-bond donors (Lipinski definition) is 1. The largest absolute Gasteiger partial charge is 0.379 e. The van der Waals surface area contributed by atoms with Gasteiger partial charge < -0.3 is 10.1 Å². The van der Waals surface area contributed by atoms with Crippen LogP contribution in [-0.2, 0) is 16.6 Å². The summed E-state index contributed by atoms with van der Waals surface area (Å²) in [6, 6.07) is 0.515. The molecule has 7 nitrogen and oxygen atoms in total. The van der Waals surface area contributed by atoms with Crippen molar-refractivity contribution in [1.29, 1.82) is 0 Å². The molecule has 2 fully saturated rings. The van der Waals surface area contributed by atoms with Crippen molar-refractivity contribution < 1.29 is 9.53 Å². The van der Waals surface area contributed by atoms with Gasteiger partial charge in [0.2, 0.25) is 5.91 Å². The molecule has 134 valence electrons. The van der Waals surface area contributed by atoms with Crippen molar-refractivity contribution in [3.8, 4) is 0 Å². The van der Waals surface area contributed by atoms with Crippen molar-refractivity contribution in [3.63, 3.8) is 0 Å². The summed E-state index contributed by atoms with van der Waals surface area (Å²) in [5.41, 5.74) is 0.768. The third-order valence-corrected chi connectivity index (χ3v) is 4.97. The molecular weight excluding hydrogens is 306 g/mol. The molecule has 2 saturated heterocycles. The number of carbonyl (C=O) groups is 1. The number of anilines is 1. The first kappa shape index (κ1) is 17.4. The van der Waals surface area contributed by atoms with Gasteiger partial charge in [0.15, 0.2) is 0 Å². The van der Waals surface area contributed by atoms with Gasteiger partial charge in [-0.25, -0.2) is 0 Å². The zero-order chi connectivity index (χ0) is 16.8. The summed E-state index contributed by atoms with van der Waals surface area (Å²) < 4.78 is 7.11. The van der Waals surface area contributed by atoms with E-state index >= 15 is 0 Å². The molecule has 1 N–H and O–H groups in total. The molecule has 0 aromatic carbocycles. The Morgan fingerprint density at radius 2 is 2.17 bits per heavy atom. The Morgan fingerprint density at radius 1 is 1.33 bits per heavy atom. The molecule has 1 aromatic heterocycles. The second-order valence-corrected chi connectivity index (χ2v) is 6.81. The van der Waals surface area contributed by atoms with Gasteiger partial charge in [0.1, 0.15) is 0 Å². The maximum atomic E-state index is 12.3. The maximum absolute atomic E-state index is 12.3. The molecule has 1 amide bonds. The van der Waals surface area contributed by atoms with E-state index in [0.717, 1.165) is 51.5 Å². The van der Waals surface area contributed by atoms with E-state index in [0.29, 0.717) is 12.6 Å². The van der Waals surface area contributed by atoms with E-state index in [1.165, 1.54) is 19.3 Å². The van der Waals surface area contributed by atoms with Crippen LogP contribution in [0.25, 0.3) is 0 Å². The number of likely N-dealkylation sites (tertiary alicyclic amines) is 1. The summed E-state index contributed by atoms with van der Waals surface area (Å²) in [4.78, 5) is 17.2. The lowest BCUT2D eigenvalue weighted by Gasteiger charge is -2.37. The Labute approximate surface area is 143 Å². The van der Waals surface area contributed by atoms with Crippen molar-refractivity contribution in [2.45, 2.75) is 31.7 Å². The molecule has 0 unspecified atom stereocenters. The molecule has 0 saturated carbocycles. The van der Waals surface area contributed by atoms with E-state index in [9.17, 15) is 4.79 Å². The van der Waals surface area contributed by atoms with E-state index in [2.05, 4.69) is 20.2 Å². The highest BCUT2D eigenvalue weighted by atomic mass is 16.5. The van der Waals surface area contributed by atoms with Crippen LogP contribution in [0.2, 0.25) is 0 Å². The third-order valence-electron chi connectivity index (χ3n) is 4.97. The molecule has 7 heteroatoms. The van der Waals surface area contributed by atoms with Gasteiger partial charge in [-0.3, -0.25) is 19.3 Å². The molecular formula is C17H29N5O2. The maximum Gasteiger partial charge on any atom is 0.238 e. The fourth-order valence-electron chi connectivity index (χ4n) is 3.62. The lowest BCUT2D eigenvalue weighted by atomic mass is 9.99. The normalized spacial score (nSPS) is 23.3. The first-order valence-electron chi connectivity index (χ1n) is 9.03. The van der Waals surface area contributed by atoms with Crippen LogP contribution in [0, 0.1) is 0 Å². The average Bonchev–Trinajstić information content (AvgIpc) is 3.00. The average molecular weight is 335 g/mol. The minimum Gasteiger partial charge on any atom is -0.379 e. The number of amides is 1. The van der Waals surface area contributed by atoms with Crippen LogP contribution in [0.15, 0.2) is 12.4 Å². The molecule has 3 heterocycles. The summed E-state index contributed by atoms with van der Waals surface area (Å²) in [7, 11) is 1.85. The van der Waals surface area contributed by atoms with E-state index in [1.807, 2.05) is 13.2 Å². The van der Waals surface area contributed by atoms with E-state index in [4.69, 9.17) is 4.74 Å². The van der Waals surface area contributed by atoms with Crippen LogP contribution in [0.5, 0.6) is 0 Å². The standard InChI is InChI=1S/C17H29N5O2/c1-20-13-15(12-18-20)19-17(23)14-22-6-3-2-4-16(22)5-7-21-8-10-24-11-9-21/h12-13,16H,2-11,14H2,1H3,(H,19,23)/t16-/m1/s1. The number of aryl methyl sites for hydroxylation is 1. The monoisotopic (exact) mass is 335 g/mol. The zero-order valence-electron chi connectivity index (χ0n) is 14.6. The van der Waals surface area contributed by atoms with Gasteiger partial charge >= 0.3 is 0 Å². The number of carbonyl (C=O) groups excluding carboxylic acids is 1. The minimum absolute atomic E-state index is 0.0567. The Kier molecular flexibility index (Phi) is 6.23. The van der Waals surface area contributed by atoms with Gasteiger partial charge in [-0.05, 0) is 32.4 Å². The molecule has 0 spiro atoms. The smallest absolute Gasteiger partial charge is 0.238 e. The quantitative estimate of drug-likeness (QED) is 0.838. The fraction of sp³-hybridized carbons (Fsp3) is 0.765. The molecule has 1 aromatic rings. The molecule has 2 aliphatic rings. The highest BCUT2D eigenvalue weighted by Crippen LogP contribution is 2.20. The Morgan fingerprint density at radius 3 is 2.92 bits per heavy atom. The number of nitrogens with zero attached hydrogens (tertiary/aromatic N) is 4. The SMILES string of the molecule is Cn1cc(NC(=O)CN2CCCC[C@@H]2CCN2CCOCC2)cn1. The second kappa shape index (κ2) is 8.60. The molecule has 24 heavy (non-hydrogen) atoms. The summed E-state index contributed by atoms with van der Waals surface area (Å²) in [5, 5.41) is 7.03. The number of ether oxygens (including phenoxy) is 1. The van der Waals surface area contributed by atoms with Crippen molar-refractivity contribution in [2.75, 3.05) is 51.3 Å². The highest BCUT2D eigenvalue weighted by molar-refractivity contribution is 5.92. The van der Waals surface area contributed by atoms with Crippen molar-refractivity contribution in [1.82, 2.24) is 19.6 Å². The summed E-state index contributed by atoms with van der Waals surface area (Å²) in [5.74, 6) is 0.0567. The van der Waals surface area contributed by atoms with Crippen molar-refractivity contribution >= 4 is 11.6 Å². The number of rotatable bonds is 6. The molecule has 0 radical (unpaired) electrons. The number of aromatic nitrogens is 2. The predicted molar refractivity (Wildman–Crippen MR) is 92.9 cm³/mol. The van der Waals surface area contributed by atoms with Gasteiger partial charge in [0.25, 0.3) is 0 Å². The first-order valence-corrected chi connectivity index (χ1v) is 9.03. The summed E-state index contributed by atoms with van der Waals surface area (Å²) >= 11 is 0. The Balaban J connectivity index is 1.47. The Hall–Kier alpha value is -1.44. The zero-order valence-corrected chi connectivity index (χ0v) is 14.6. The number of morpholine rings is 1. The van der Waals surface area contributed by atoms with E-state index in [-0.39, 0.29) is 5.91 Å². The number of hydrogen-bond acceptors (Lipinski definition) is 5. The summed E-state index contributed by atoms with van der Waals surface area (Å²) in [6.07, 6.45) is 8.31. The van der Waals surface area contributed by atoms with Gasteiger partial charge in [0, 0.05) is 32.4 Å². The van der Waals surface area contributed by atoms with Crippen LogP contribution < -0.4 is 5.32 Å². The van der Waals surface area contributed by atoms with Gasteiger partial charge in [0.05, 0.1) is 31.6 Å². The van der Waals surface area contributed by atoms with Crippen LogP contribution in [0.3, 0.4) is 0 Å². The van der Waals surface area contributed by atoms with Crippen LogP contribution in [0.1, 0.15) is 25.7 Å². The minimum atomic E-state index is 0.0567. The first-order chi connectivity index (χ1) is 11.7. The Bertz CT molecular complexity index is 527. The lowest BCUT2D eigenvalue weighted by molar-refractivity contribution is -0.118.